The lowest BCUT2D eigenvalue weighted by Crippen LogP contribution is -2.51. The average molecular weight is 398 g/mol. The van der Waals surface area contributed by atoms with E-state index in [9.17, 15) is 9.59 Å². The standard InChI is InChI=1S/C17H17Cl2N3O2S/c1-11-20-13(10-25-11)9-16(23)21-4-6-22(7-5-21)17(24)14-3-2-12(18)8-15(14)19/h2-3,8,10H,4-7,9H2,1H3. The van der Waals surface area contributed by atoms with Gasteiger partial charge in [0, 0.05) is 36.6 Å². The van der Waals surface area contributed by atoms with E-state index >= 15 is 0 Å². The molecule has 1 aliphatic rings. The second-order valence-corrected chi connectivity index (χ2v) is 7.74. The zero-order valence-corrected chi connectivity index (χ0v) is 16.0. The summed E-state index contributed by atoms with van der Waals surface area (Å²) in [5.41, 5.74) is 1.24. The first-order valence-corrected chi connectivity index (χ1v) is 9.50. The van der Waals surface area contributed by atoms with Crippen LogP contribution in [0.4, 0.5) is 0 Å². The maximum absolute atomic E-state index is 12.6. The Kier molecular flexibility index (Phi) is 5.61. The summed E-state index contributed by atoms with van der Waals surface area (Å²) in [6.07, 6.45) is 0.307. The molecule has 2 heterocycles. The molecule has 132 valence electrons. The Labute approximate surface area is 160 Å². The first-order valence-electron chi connectivity index (χ1n) is 7.87. The van der Waals surface area contributed by atoms with Gasteiger partial charge < -0.3 is 9.80 Å². The van der Waals surface area contributed by atoms with E-state index < -0.39 is 0 Å². The maximum Gasteiger partial charge on any atom is 0.255 e. The zero-order chi connectivity index (χ0) is 18.0. The van der Waals surface area contributed by atoms with Gasteiger partial charge in [-0.05, 0) is 25.1 Å². The Morgan fingerprint density at radius 1 is 1.16 bits per heavy atom. The van der Waals surface area contributed by atoms with Gasteiger partial charge in [-0.25, -0.2) is 4.98 Å². The minimum Gasteiger partial charge on any atom is -0.339 e. The molecule has 0 unspecified atom stereocenters. The predicted octanol–water partition coefficient (Wildman–Crippen LogP) is 3.29. The summed E-state index contributed by atoms with van der Waals surface area (Å²) in [5.74, 6) is -0.0918. The number of piperazine rings is 1. The summed E-state index contributed by atoms with van der Waals surface area (Å²) in [6.45, 7) is 3.92. The molecule has 3 rings (SSSR count). The van der Waals surface area contributed by atoms with Gasteiger partial charge >= 0.3 is 0 Å². The second kappa shape index (κ2) is 7.72. The van der Waals surface area contributed by atoms with Crippen LogP contribution >= 0.6 is 34.5 Å². The Hall–Kier alpha value is -1.63. The largest absolute Gasteiger partial charge is 0.339 e. The highest BCUT2D eigenvalue weighted by atomic mass is 35.5. The lowest BCUT2D eigenvalue weighted by Gasteiger charge is -2.35. The fourth-order valence-corrected chi connectivity index (χ4v) is 3.85. The van der Waals surface area contributed by atoms with Gasteiger partial charge in [0.2, 0.25) is 5.91 Å². The van der Waals surface area contributed by atoms with Crippen LogP contribution in [0.5, 0.6) is 0 Å². The molecule has 0 spiro atoms. The van der Waals surface area contributed by atoms with Gasteiger partial charge in [0.1, 0.15) is 0 Å². The number of carbonyl (C=O) groups excluding carboxylic acids is 2. The van der Waals surface area contributed by atoms with Crippen molar-refractivity contribution in [3.05, 3.63) is 49.9 Å². The molecule has 5 nitrogen and oxygen atoms in total. The van der Waals surface area contributed by atoms with E-state index in [1.54, 1.807) is 39.3 Å². The fourth-order valence-electron chi connectivity index (χ4n) is 2.75. The van der Waals surface area contributed by atoms with E-state index in [0.29, 0.717) is 48.2 Å². The molecule has 0 atom stereocenters. The number of thiazole rings is 1. The van der Waals surface area contributed by atoms with Crippen LogP contribution in [0.25, 0.3) is 0 Å². The van der Waals surface area contributed by atoms with E-state index in [0.717, 1.165) is 10.7 Å². The predicted molar refractivity (Wildman–Crippen MR) is 99.5 cm³/mol. The lowest BCUT2D eigenvalue weighted by molar-refractivity contribution is -0.132. The van der Waals surface area contributed by atoms with E-state index in [-0.39, 0.29) is 11.8 Å². The van der Waals surface area contributed by atoms with Crippen LogP contribution in [0.3, 0.4) is 0 Å². The average Bonchev–Trinajstić information content (AvgIpc) is 2.99. The molecule has 2 amide bonds. The number of benzene rings is 1. The fraction of sp³-hybridized carbons (Fsp3) is 0.353. The van der Waals surface area contributed by atoms with Crippen molar-refractivity contribution >= 4 is 46.4 Å². The molecule has 1 fully saturated rings. The number of halogens is 2. The molecule has 1 aromatic carbocycles. The van der Waals surface area contributed by atoms with Crippen LogP contribution in [0.2, 0.25) is 10.0 Å². The number of hydrogen-bond acceptors (Lipinski definition) is 4. The molecule has 1 saturated heterocycles. The molecule has 0 radical (unpaired) electrons. The van der Waals surface area contributed by atoms with Crippen molar-refractivity contribution in [2.75, 3.05) is 26.2 Å². The lowest BCUT2D eigenvalue weighted by atomic mass is 10.1. The highest BCUT2D eigenvalue weighted by molar-refractivity contribution is 7.09. The summed E-state index contributed by atoms with van der Waals surface area (Å²) in [4.78, 5) is 32.8. The van der Waals surface area contributed by atoms with Crippen LogP contribution < -0.4 is 0 Å². The molecule has 0 aliphatic carbocycles. The van der Waals surface area contributed by atoms with Crippen molar-refractivity contribution in [1.29, 1.82) is 0 Å². The van der Waals surface area contributed by atoms with Gasteiger partial charge in [-0.2, -0.15) is 0 Å². The Morgan fingerprint density at radius 3 is 2.44 bits per heavy atom. The van der Waals surface area contributed by atoms with Gasteiger partial charge in [-0.1, -0.05) is 23.2 Å². The third-order valence-corrected chi connectivity index (χ3v) is 5.45. The van der Waals surface area contributed by atoms with Crippen molar-refractivity contribution in [3.63, 3.8) is 0 Å². The number of hydrogen-bond donors (Lipinski definition) is 0. The van der Waals surface area contributed by atoms with Crippen LogP contribution in [0.1, 0.15) is 21.1 Å². The second-order valence-electron chi connectivity index (χ2n) is 5.83. The van der Waals surface area contributed by atoms with E-state index in [2.05, 4.69) is 4.98 Å². The quantitative estimate of drug-likeness (QED) is 0.798. The summed E-state index contributed by atoms with van der Waals surface area (Å²) < 4.78 is 0. The van der Waals surface area contributed by atoms with Crippen LogP contribution in [-0.2, 0) is 11.2 Å². The van der Waals surface area contributed by atoms with Crippen molar-refractivity contribution in [2.45, 2.75) is 13.3 Å². The molecule has 0 bridgehead atoms. The van der Waals surface area contributed by atoms with E-state index in [1.165, 1.54) is 0 Å². The Balaban J connectivity index is 1.57. The molecule has 0 N–H and O–H groups in total. The Morgan fingerprint density at radius 2 is 1.84 bits per heavy atom. The number of rotatable bonds is 3. The van der Waals surface area contributed by atoms with Crippen molar-refractivity contribution in [1.82, 2.24) is 14.8 Å². The number of aryl methyl sites for hydroxylation is 1. The number of aromatic nitrogens is 1. The minimum atomic E-state index is -0.135. The smallest absolute Gasteiger partial charge is 0.255 e. The third-order valence-electron chi connectivity index (χ3n) is 4.08. The summed E-state index contributed by atoms with van der Waals surface area (Å²) in [6, 6.07) is 4.84. The van der Waals surface area contributed by atoms with E-state index in [1.807, 2.05) is 12.3 Å². The topological polar surface area (TPSA) is 53.5 Å². The number of carbonyl (C=O) groups is 2. The molecule has 8 heteroatoms. The molecule has 1 aliphatic heterocycles. The van der Waals surface area contributed by atoms with Gasteiger partial charge in [-0.15, -0.1) is 11.3 Å². The number of nitrogens with zero attached hydrogens (tertiary/aromatic N) is 3. The molecule has 1 aromatic heterocycles. The maximum atomic E-state index is 12.6. The Bertz CT molecular complexity index is 801. The van der Waals surface area contributed by atoms with Crippen LogP contribution in [0, 0.1) is 6.92 Å². The van der Waals surface area contributed by atoms with Crippen LogP contribution in [0.15, 0.2) is 23.6 Å². The summed E-state index contributed by atoms with van der Waals surface area (Å²) in [5, 5.41) is 3.71. The molecule has 0 saturated carbocycles. The van der Waals surface area contributed by atoms with E-state index in [4.69, 9.17) is 23.2 Å². The monoisotopic (exact) mass is 397 g/mol. The van der Waals surface area contributed by atoms with Gasteiger partial charge in [0.05, 0.1) is 27.7 Å². The summed E-state index contributed by atoms with van der Waals surface area (Å²) >= 11 is 13.5. The first-order chi connectivity index (χ1) is 11.9. The van der Waals surface area contributed by atoms with Gasteiger partial charge in [0.25, 0.3) is 5.91 Å². The molecular weight excluding hydrogens is 381 g/mol. The van der Waals surface area contributed by atoms with Crippen molar-refractivity contribution in [3.8, 4) is 0 Å². The SMILES string of the molecule is Cc1nc(CC(=O)N2CCN(C(=O)c3ccc(Cl)cc3Cl)CC2)cs1. The van der Waals surface area contributed by atoms with Crippen molar-refractivity contribution in [2.24, 2.45) is 0 Å². The van der Waals surface area contributed by atoms with Crippen LogP contribution in [-0.4, -0.2) is 52.8 Å². The normalized spacial score (nSPS) is 14.7. The summed E-state index contributed by atoms with van der Waals surface area (Å²) in [7, 11) is 0. The highest BCUT2D eigenvalue weighted by Crippen LogP contribution is 2.23. The first kappa shape index (κ1) is 18.2. The van der Waals surface area contributed by atoms with Gasteiger partial charge in [-0.3, -0.25) is 9.59 Å². The third kappa shape index (κ3) is 4.32. The zero-order valence-electron chi connectivity index (χ0n) is 13.7. The minimum absolute atomic E-state index is 0.0434. The van der Waals surface area contributed by atoms with Crippen molar-refractivity contribution < 1.29 is 9.59 Å². The molecular formula is C17H17Cl2N3O2S. The highest BCUT2D eigenvalue weighted by Gasteiger charge is 2.26. The molecule has 25 heavy (non-hydrogen) atoms. The molecule has 2 aromatic rings. The van der Waals surface area contributed by atoms with Gasteiger partial charge in [0.15, 0.2) is 0 Å². The number of amides is 2.